The van der Waals surface area contributed by atoms with Gasteiger partial charge < -0.3 is 33.3 Å². The fourth-order valence-electron chi connectivity index (χ4n) is 6.31. The summed E-state index contributed by atoms with van der Waals surface area (Å²) in [5.41, 5.74) is 4.17. The van der Waals surface area contributed by atoms with Crippen LogP contribution in [0.2, 0.25) is 0 Å². The monoisotopic (exact) mass is 639 g/mol. The number of hydrogen-bond donors (Lipinski definition) is 0. The van der Waals surface area contributed by atoms with Gasteiger partial charge in [-0.1, -0.05) is 6.07 Å². The Labute approximate surface area is 273 Å². The zero-order valence-electron chi connectivity index (χ0n) is 29.0. The number of carbonyl (C=O) groups is 2. The SMILES string of the molecule is COCCCc1cc(CN(C(=O)[C@H]2CN(C(=O)OC(C)(C)C)CC[C@@H]2c2cc(=O)n(C)c(C)c2C)C2CC2)cc(OCCOC)c1. The van der Waals surface area contributed by atoms with Crippen molar-refractivity contribution in [3.63, 3.8) is 0 Å². The molecule has 1 aliphatic carbocycles. The lowest BCUT2D eigenvalue weighted by molar-refractivity contribution is -0.139. The fraction of sp³-hybridized carbons (Fsp3) is 0.639. The molecule has 1 aromatic heterocycles. The van der Waals surface area contributed by atoms with E-state index in [0.29, 0.717) is 39.3 Å². The number of rotatable bonds is 13. The van der Waals surface area contributed by atoms with Gasteiger partial charge in [0.25, 0.3) is 5.56 Å². The summed E-state index contributed by atoms with van der Waals surface area (Å²) in [6.07, 6.45) is 3.73. The second-order valence-electron chi connectivity index (χ2n) is 13.8. The molecule has 0 radical (unpaired) electrons. The van der Waals surface area contributed by atoms with Crippen LogP contribution in [0.15, 0.2) is 29.1 Å². The lowest BCUT2D eigenvalue weighted by Gasteiger charge is -2.41. The summed E-state index contributed by atoms with van der Waals surface area (Å²) in [6.45, 7) is 12.2. The third-order valence-corrected chi connectivity index (χ3v) is 9.09. The van der Waals surface area contributed by atoms with Crippen molar-refractivity contribution in [1.82, 2.24) is 14.4 Å². The van der Waals surface area contributed by atoms with Crippen LogP contribution in [0.4, 0.5) is 4.79 Å². The highest BCUT2D eigenvalue weighted by Gasteiger charge is 2.44. The van der Waals surface area contributed by atoms with E-state index in [1.807, 2.05) is 45.6 Å². The molecule has 10 nitrogen and oxygen atoms in total. The Bertz CT molecular complexity index is 1400. The predicted octanol–water partition coefficient (Wildman–Crippen LogP) is 5.14. The van der Waals surface area contributed by atoms with Crippen LogP contribution >= 0.6 is 0 Å². The van der Waals surface area contributed by atoms with Gasteiger partial charge in [0, 0.05) is 65.3 Å². The summed E-state index contributed by atoms with van der Waals surface area (Å²) in [4.78, 5) is 44.6. The number of likely N-dealkylation sites (tertiary alicyclic amines) is 1. The Balaban J connectivity index is 1.68. The molecule has 254 valence electrons. The van der Waals surface area contributed by atoms with Crippen molar-refractivity contribution in [2.45, 2.75) is 90.8 Å². The van der Waals surface area contributed by atoms with Gasteiger partial charge in [-0.3, -0.25) is 9.59 Å². The van der Waals surface area contributed by atoms with E-state index in [1.54, 1.807) is 36.8 Å². The zero-order valence-corrected chi connectivity index (χ0v) is 29.0. The standard InChI is InChI=1S/C36H53N3O7/c1-24-25(2)37(6)33(40)21-31(24)30-13-14-38(35(42)46-36(3,4)5)23-32(30)34(41)39(28-11-12-28)22-27-18-26(10-9-15-43-7)19-29(20-27)45-17-16-44-8/h18-21,28,30,32H,9-17,22-23H2,1-8H3/t30-,32+/m1/s1. The Morgan fingerprint density at radius 2 is 1.65 bits per heavy atom. The lowest BCUT2D eigenvalue weighted by Crippen LogP contribution is -2.51. The molecule has 46 heavy (non-hydrogen) atoms. The maximum absolute atomic E-state index is 14.8. The molecule has 2 atom stereocenters. The van der Waals surface area contributed by atoms with Crippen LogP contribution in [0.1, 0.15) is 80.3 Å². The minimum atomic E-state index is -0.649. The number of amides is 2. The zero-order chi connectivity index (χ0) is 33.6. The average Bonchev–Trinajstić information content (AvgIpc) is 3.85. The van der Waals surface area contributed by atoms with E-state index < -0.39 is 17.6 Å². The second kappa shape index (κ2) is 15.5. The van der Waals surface area contributed by atoms with Gasteiger partial charge >= 0.3 is 6.09 Å². The van der Waals surface area contributed by atoms with Crippen molar-refractivity contribution in [2.24, 2.45) is 13.0 Å². The first-order chi connectivity index (χ1) is 21.8. The molecule has 0 unspecified atom stereocenters. The summed E-state index contributed by atoms with van der Waals surface area (Å²) < 4.78 is 23.8. The van der Waals surface area contributed by atoms with Crippen LogP contribution in [-0.4, -0.2) is 85.1 Å². The number of aryl methyl sites for hydroxylation is 1. The predicted molar refractivity (Wildman–Crippen MR) is 177 cm³/mol. The molecule has 2 aliphatic rings. The highest BCUT2D eigenvalue weighted by molar-refractivity contribution is 5.82. The molecule has 2 aromatic rings. The first-order valence-corrected chi connectivity index (χ1v) is 16.5. The van der Waals surface area contributed by atoms with E-state index in [0.717, 1.165) is 59.4 Å². The molecule has 2 heterocycles. The smallest absolute Gasteiger partial charge is 0.410 e. The number of methoxy groups -OCH3 is 2. The van der Waals surface area contributed by atoms with Gasteiger partial charge in [-0.2, -0.15) is 0 Å². The van der Waals surface area contributed by atoms with Gasteiger partial charge in [0.2, 0.25) is 5.91 Å². The Kier molecular flexibility index (Phi) is 11.9. The van der Waals surface area contributed by atoms with Crippen LogP contribution in [0.5, 0.6) is 5.75 Å². The maximum Gasteiger partial charge on any atom is 0.410 e. The topological polar surface area (TPSA) is 99.5 Å². The number of carbonyl (C=O) groups excluding carboxylic acids is 2. The molecule has 10 heteroatoms. The van der Waals surface area contributed by atoms with Crippen molar-refractivity contribution in [3.05, 3.63) is 62.6 Å². The molecule has 0 bridgehead atoms. The first-order valence-electron chi connectivity index (χ1n) is 16.5. The number of ether oxygens (including phenoxy) is 4. The van der Waals surface area contributed by atoms with Crippen molar-refractivity contribution in [1.29, 1.82) is 0 Å². The minimum absolute atomic E-state index is 0.00475. The van der Waals surface area contributed by atoms with Gasteiger partial charge in [0.05, 0.1) is 12.5 Å². The number of piperidine rings is 1. The molecule has 2 fully saturated rings. The number of nitrogens with zero attached hydrogens (tertiary/aromatic N) is 3. The number of benzene rings is 1. The number of hydrogen-bond acceptors (Lipinski definition) is 7. The quantitative estimate of drug-likeness (QED) is 0.280. The van der Waals surface area contributed by atoms with Gasteiger partial charge in [-0.15, -0.1) is 0 Å². The Morgan fingerprint density at radius 1 is 0.957 bits per heavy atom. The average molecular weight is 640 g/mol. The highest BCUT2D eigenvalue weighted by atomic mass is 16.6. The Hall–Kier alpha value is -3.37. The van der Waals surface area contributed by atoms with Crippen LogP contribution < -0.4 is 10.3 Å². The van der Waals surface area contributed by atoms with Gasteiger partial charge in [0.15, 0.2) is 0 Å². The highest BCUT2D eigenvalue weighted by Crippen LogP contribution is 2.39. The van der Waals surface area contributed by atoms with Crippen LogP contribution in [0, 0.1) is 19.8 Å². The van der Waals surface area contributed by atoms with Gasteiger partial charge in [0.1, 0.15) is 18.0 Å². The fourth-order valence-corrected chi connectivity index (χ4v) is 6.31. The summed E-state index contributed by atoms with van der Waals surface area (Å²) >= 11 is 0. The van der Waals surface area contributed by atoms with Crippen molar-refractivity contribution in [2.75, 3.05) is 47.1 Å². The summed E-state index contributed by atoms with van der Waals surface area (Å²) in [7, 11) is 5.12. The Morgan fingerprint density at radius 3 is 2.30 bits per heavy atom. The van der Waals surface area contributed by atoms with Crippen molar-refractivity contribution >= 4 is 12.0 Å². The maximum atomic E-state index is 14.8. The van der Waals surface area contributed by atoms with Crippen LogP contribution in [-0.2, 0) is 39.0 Å². The molecule has 1 aromatic carbocycles. The molecule has 1 saturated heterocycles. The summed E-state index contributed by atoms with van der Waals surface area (Å²) in [6, 6.07) is 8.03. The normalized spacial score (nSPS) is 18.4. The van der Waals surface area contributed by atoms with E-state index in [-0.39, 0.29) is 30.0 Å². The lowest BCUT2D eigenvalue weighted by atomic mass is 9.78. The van der Waals surface area contributed by atoms with Crippen molar-refractivity contribution < 1.29 is 28.5 Å². The first kappa shape index (κ1) is 35.5. The molecule has 1 aliphatic heterocycles. The largest absolute Gasteiger partial charge is 0.491 e. The van der Waals surface area contributed by atoms with Crippen LogP contribution in [0.25, 0.3) is 0 Å². The molecule has 1 saturated carbocycles. The molecular weight excluding hydrogens is 586 g/mol. The van der Waals surface area contributed by atoms with E-state index in [9.17, 15) is 14.4 Å². The number of aromatic nitrogens is 1. The van der Waals surface area contributed by atoms with E-state index >= 15 is 0 Å². The van der Waals surface area contributed by atoms with Crippen molar-refractivity contribution in [3.8, 4) is 5.75 Å². The molecule has 4 rings (SSSR count). The van der Waals surface area contributed by atoms with Gasteiger partial charge in [-0.05, 0) is 107 Å². The van der Waals surface area contributed by atoms with E-state index in [2.05, 4.69) is 12.1 Å². The second-order valence-corrected chi connectivity index (χ2v) is 13.8. The molecule has 0 spiro atoms. The third-order valence-electron chi connectivity index (χ3n) is 9.09. The molecule has 0 N–H and O–H groups in total. The molecular formula is C36H53N3O7. The van der Waals surface area contributed by atoms with Gasteiger partial charge in [-0.25, -0.2) is 4.79 Å². The third kappa shape index (κ3) is 9.12. The summed E-state index contributed by atoms with van der Waals surface area (Å²) in [5.74, 6) is 0.0379. The van der Waals surface area contributed by atoms with E-state index in [1.165, 1.54) is 0 Å². The summed E-state index contributed by atoms with van der Waals surface area (Å²) in [5, 5.41) is 0. The van der Waals surface area contributed by atoms with E-state index in [4.69, 9.17) is 18.9 Å². The molecule has 2 amide bonds. The number of pyridine rings is 1. The minimum Gasteiger partial charge on any atom is -0.491 e. The van der Waals surface area contributed by atoms with Crippen LogP contribution in [0.3, 0.4) is 0 Å².